The highest BCUT2D eigenvalue weighted by molar-refractivity contribution is 5.48. The Balaban J connectivity index is 1.97. The van der Waals surface area contributed by atoms with Crippen LogP contribution in [0.2, 0.25) is 0 Å². The Kier molecular flexibility index (Phi) is 4.41. The zero-order valence-electron chi connectivity index (χ0n) is 11.2. The number of H-pyrrole nitrogens is 1. The van der Waals surface area contributed by atoms with Crippen molar-refractivity contribution in [1.29, 1.82) is 0 Å². The Bertz CT molecular complexity index is 508. The highest BCUT2D eigenvalue weighted by Gasteiger charge is 2.09. The van der Waals surface area contributed by atoms with Gasteiger partial charge in [0.15, 0.2) is 0 Å². The molecule has 5 nitrogen and oxygen atoms in total. The molecule has 0 aliphatic rings. The largest absolute Gasteiger partial charge is 0.491 e. The van der Waals surface area contributed by atoms with E-state index in [0.717, 1.165) is 22.7 Å². The lowest BCUT2D eigenvalue weighted by Gasteiger charge is -2.15. The van der Waals surface area contributed by atoms with Crippen LogP contribution in [0.5, 0.6) is 5.75 Å². The number of aryl methyl sites for hydroxylation is 1. The van der Waals surface area contributed by atoms with E-state index >= 15 is 0 Å². The van der Waals surface area contributed by atoms with Crippen LogP contribution in [0.25, 0.3) is 0 Å². The van der Waals surface area contributed by atoms with E-state index in [1.807, 2.05) is 37.4 Å². The van der Waals surface area contributed by atoms with E-state index in [1.165, 1.54) is 0 Å². The molecule has 1 unspecified atom stereocenters. The topological polar surface area (TPSA) is 70.2 Å². The number of ether oxygens (including phenoxy) is 1. The summed E-state index contributed by atoms with van der Waals surface area (Å²) in [5.74, 6) is 0.756. The molecule has 3 N–H and O–H groups in total. The number of benzene rings is 1. The second kappa shape index (κ2) is 6.24. The number of nitrogens with one attached hydrogen (secondary N) is 2. The SMILES string of the molecule is Cc1[nH]ncc1C(C)Nc1ccc(OCCO)cc1. The summed E-state index contributed by atoms with van der Waals surface area (Å²) in [6, 6.07) is 7.86. The van der Waals surface area contributed by atoms with Crippen LogP contribution in [0.15, 0.2) is 30.5 Å². The van der Waals surface area contributed by atoms with Crippen LogP contribution in [0, 0.1) is 6.92 Å². The molecule has 1 atom stereocenters. The zero-order chi connectivity index (χ0) is 13.7. The third-order valence-electron chi connectivity index (χ3n) is 2.93. The highest BCUT2D eigenvalue weighted by Crippen LogP contribution is 2.22. The first-order valence-electron chi connectivity index (χ1n) is 6.31. The predicted octanol–water partition coefficient (Wildman–Crippen LogP) is 2.26. The van der Waals surface area contributed by atoms with Crippen molar-refractivity contribution in [3.05, 3.63) is 41.7 Å². The maximum atomic E-state index is 8.69. The summed E-state index contributed by atoms with van der Waals surface area (Å²) in [6.07, 6.45) is 1.84. The fourth-order valence-corrected chi connectivity index (χ4v) is 1.94. The van der Waals surface area contributed by atoms with Gasteiger partial charge in [0.2, 0.25) is 0 Å². The number of nitrogens with zero attached hydrogens (tertiary/aromatic N) is 1. The first kappa shape index (κ1) is 13.4. The van der Waals surface area contributed by atoms with E-state index in [4.69, 9.17) is 9.84 Å². The van der Waals surface area contributed by atoms with Gasteiger partial charge in [-0.2, -0.15) is 5.10 Å². The third kappa shape index (κ3) is 3.48. The standard InChI is InChI=1S/C14H19N3O2/c1-10(14-9-15-17-11(14)2)16-12-3-5-13(6-4-12)19-8-7-18/h3-6,9-10,16,18H,7-8H2,1-2H3,(H,15,17). The zero-order valence-corrected chi connectivity index (χ0v) is 11.2. The number of aliphatic hydroxyl groups excluding tert-OH is 1. The Morgan fingerprint density at radius 1 is 1.37 bits per heavy atom. The van der Waals surface area contributed by atoms with Crippen molar-refractivity contribution in [1.82, 2.24) is 10.2 Å². The normalized spacial score (nSPS) is 12.2. The molecule has 0 fully saturated rings. The molecule has 0 aliphatic carbocycles. The lowest BCUT2D eigenvalue weighted by Crippen LogP contribution is -2.07. The molecular formula is C14H19N3O2. The van der Waals surface area contributed by atoms with E-state index in [1.54, 1.807) is 0 Å². The van der Waals surface area contributed by atoms with Gasteiger partial charge in [-0.3, -0.25) is 5.10 Å². The van der Waals surface area contributed by atoms with Crippen molar-refractivity contribution in [2.24, 2.45) is 0 Å². The maximum absolute atomic E-state index is 8.69. The van der Waals surface area contributed by atoms with Crippen LogP contribution >= 0.6 is 0 Å². The summed E-state index contributed by atoms with van der Waals surface area (Å²) in [7, 11) is 0. The number of aliphatic hydroxyl groups is 1. The van der Waals surface area contributed by atoms with Crippen molar-refractivity contribution >= 4 is 5.69 Å². The number of hydrogen-bond donors (Lipinski definition) is 3. The van der Waals surface area contributed by atoms with Gasteiger partial charge in [-0.1, -0.05) is 0 Å². The van der Waals surface area contributed by atoms with Gasteiger partial charge in [0, 0.05) is 16.9 Å². The molecule has 0 saturated carbocycles. The van der Waals surface area contributed by atoms with Gasteiger partial charge >= 0.3 is 0 Å². The van der Waals surface area contributed by atoms with Crippen LogP contribution in [-0.2, 0) is 0 Å². The monoisotopic (exact) mass is 261 g/mol. The van der Waals surface area contributed by atoms with Crippen molar-refractivity contribution < 1.29 is 9.84 Å². The van der Waals surface area contributed by atoms with E-state index in [2.05, 4.69) is 22.4 Å². The third-order valence-corrected chi connectivity index (χ3v) is 2.93. The summed E-state index contributed by atoms with van der Waals surface area (Å²) in [6.45, 7) is 4.44. The molecule has 0 radical (unpaired) electrons. The van der Waals surface area contributed by atoms with Crippen LogP contribution < -0.4 is 10.1 Å². The fourth-order valence-electron chi connectivity index (χ4n) is 1.94. The lowest BCUT2D eigenvalue weighted by atomic mass is 10.1. The molecule has 2 aromatic rings. The molecule has 0 bridgehead atoms. The summed E-state index contributed by atoms with van der Waals surface area (Å²) in [5.41, 5.74) is 3.24. The maximum Gasteiger partial charge on any atom is 0.119 e. The van der Waals surface area contributed by atoms with Gasteiger partial charge in [0.05, 0.1) is 18.8 Å². The van der Waals surface area contributed by atoms with Gasteiger partial charge in [-0.05, 0) is 38.1 Å². The van der Waals surface area contributed by atoms with Crippen molar-refractivity contribution in [2.75, 3.05) is 18.5 Å². The van der Waals surface area contributed by atoms with Crippen LogP contribution in [-0.4, -0.2) is 28.5 Å². The number of aromatic nitrogens is 2. The summed E-state index contributed by atoms with van der Waals surface area (Å²) >= 11 is 0. The minimum Gasteiger partial charge on any atom is -0.491 e. The quantitative estimate of drug-likeness (QED) is 0.746. The van der Waals surface area contributed by atoms with Crippen molar-refractivity contribution in [3.8, 4) is 5.75 Å². The molecule has 0 spiro atoms. The van der Waals surface area contributed by atoms with Crippen LogP contribution in [0.4, 0.5) is 5.69 Å². The minimum absolute atomic E-state index is 0.0246. The minimum atomic E-state index is 0.0246. The van der Waals surface area contributed by atoms with E-state index < -0.39 is 0 Å². The van der Waals surface area contributed by atoms with Crippen LogP contribution in [0.1, 0.15) is 24.2 Å². The van der Waals surface area contributed by atoms with Gasteiger partial charge in [-0.15, -0.1) is 0 Å². The molecule has 0 saturated heterocycles. The summed E-state index contributed by atoms with van der Waals surface area (Å²) in [4.78, 5) is 0. The molecule has 5 heteroatoms. The van der Waals surface area contributed by atoms with Gasteiger partial charge in [0.1, 0.15) is 12.4 Å². The number of hydrogen-bond acceptors (Lipinski definition) is 4. The predicted molar refractivity (Wildman–Crippen MR) is 74.4 cm³/mol. The average molecular weight is 261 g/mol. The lowest BCUT2D eigenvalue weighted by molar-refractivity contribution is 0.201. The molecule has 102 valence electrons. The molecular weight excluding hydrogens is 242 g/mol. The van der Waals surface area contributed by atoms with Crippen LogP contribution in [0.3, 0.4) is 0 Å². The van der Waals surface area contributed by atoms with Crippen molar-refractivity contribution in [3.63, 3.8) is 0 Å². The Morgan fingerprint density at radius 2 is 2.11 bits per heavy atom. The van der Waals surface area contributed by atoms with Gasteiger partial charge in [0.25, 0.3) is 0 Å². The summed E-state index contributed by atoms with van der Waals surface area (Å²) in [5, 5.41) is 19.0. The van der Waals surface area contributed by atoms with Crippen molar-refractivity contribution in [2.45, 2.75) is 19.9 Å². The fraction of sp³-hybridized carbons (Fsp3) is 0.357. The molecule has 0 amide bonds. The Morgan fingerprint density at radius 3 is 2.68 bits per heavy atom. The summed E-state index contributed by atoms with van der Waals surface area (Å²) < 4.78 is 5.31. The Labute approximate surface area is 112 Å². The smallest absolute Gasteiger partial charge is 0.119 e. The number of rotatable bonds is 6. The first-order valence-corrected chi connectivity index (χ1v) is 6.31. The Hall–Kier alpha value is -2.01. The van der Waals surface area contributed by atoms with E-state index in [-0.39, 0.29) is 12.6 Å². The molecule has 1 heterocycles. The van der Waals surface area contributed by atoms with Gasteiger partial charge < -0.3 is 15.2 Å². The molecule has 19 heavy (non-hydrogen) atoms. The second-order valence-corrected chi connectivity index (χ2v) is 4.41. The molecule has 1 aromatic carbocycles. The first-order chi connectivity index (χ1) is 9.20. The average Bonchev–Trinajstić information content (AvgIpc) is 2.84. The van der Waals surface area contributed by atoms with E-state index in [9.17, 15) is 0 Å². The molecule has 0 aliphatic heterocycles. The highest BCUT2D eigenvalue weighted by atomic mass is 16.5. The van der Waals surface area contributed by atoms with E-state index in [0.29, 0.717) is 6.61 Å². The molecule has 2 rings (SSSR count). The second-order valence-electron chi connectivity index (χ2n) is 4.41. The number of aromatic amines is 1. The number of anilines is 1. The van der Waals surface area contributed by atoms with Gasteiger partial charge in [-0.25, -0.2) is 0 Å². The molecule has 1 aromatic heterocycles.